The van der Waals surface area contributed by atoms with Gasteiger partial charge in [0.15, 0.2) is 11.6 Å². The van der Waals surface area contributed by atoms with Crippen molar-refractivity contribution in [2.75, 3.05) is 5.33 Å². The molecule has 1 aromatic carbocycles. The minimum absolute atomic E-state index is 0.105. The van der Waals surface area contributed by atoms with Crippen LogP contribution < -0.4 is 0 Å². The van der Waals surface area contributed by atoms with E-state index in [2.05, 4.69) is 31.9 Å². The predicted molar refractivity (Wildman–Crippen MR) is 69.6 cm³/mol. The van der Waals surface area contributed by atoms with E-state index in [0.29, 0.717) is 12.0 Å². The maximum absolute atomic E-state index is 12.3. The van der Waals surface area contributed by atoms with Gasteiger partial charge in [-0.25, -0.2) is 0 Å². The van der Waals surface area contributed by atoms with Crippen LogP contribution in [0.3, 0.4) is 0 Å². The van der Waals surface area contributed by atoms with E-state index in [1.807, 2.05) is 18.2 Å². The van der Waals surface area contributed by atoms with Crippen LogP contribution in [0.15, 0.2) is 24.3 Å². The van der Waals surface area contributed by atoms with Crippen LogP contribution in [-0.4, -0.2) is 21.2 Å². The number of Topliss-reactive ketones (excluding diaryl/α,β-unsaturated/α-hetero) is 2. The molecule has 84 valence electrons. The smallest absolute Gasteiger partial charge is 0.187 e. The number of halogens is 2. The second kappa shape index (κ2) is 4.41. The van der Waals surface area contributed by atoms with E-state index in [4.69, 9.17) is 0 Å². The molecule has 1 unspecified atom stereocenters. The number of ketones is 2. The van der Waals surface area contributed by atoms with Gasteiger partial charge in [0.25, 0.3) is 0 Å². The van der Waals surface area contributed by atoms with Gasteiger partial charge in [-0.1, -0.05) is 56.1 Å². The summed E-state index contributed by atoms with van der Waals surface area (Å²) in [4.78, 5) is 24.0. The molecule has 0 aromatic heterocycles. The highest BCUT2D eigenvalue weighted by Crippen LogP contribution is 2.36. The first-order valence-corrected chi connectivity index (χ1v) is 6.92. The molecule has 0 aliphatic heterocycles. The van der Waals surface area contributed by atoms with Crippen molar-refractivity contribution in [2.24, 2.45) is 0 Å². The minimum Gasteiger partial charge on any atom is -0.297 e. The molecule has 1 aromatic rings. The van der Waals surface area contributed by atoms with Crippen molar-refractivity contribution in [3.63, 3.8) is 0 Å². The molecule has 16 heavy (non-hydrogen) atoms. The first-order chi connectivity index (χ1) is 7.59. The second-order valence-corrected chi connectivity index (χ2v) is 5.76. The second-order valence-electron chi connectivity index (χ2n) is 3.84. The normalized spacial score (nSPS) is 24.0. The lowest BCUT2D eigenvalue weighted by molar-refractivity contribution is -0.117. The summed E-state index contributed by atoms with van der Waals surface area (Å²) in [5, 5.41) is 0.201. The summed E-state index contributed by atoms with van der Waals surface area (Å²) in [6.07, 6.45) is 1.29. The molecule has 0 radical (unpaired) electrons. The lowest BCUT2D eigenvalue weighted by atomic mass is 9.81. The Morgan fingerprint density at radius 2 is 2.06 bits per heavy atom. The fraction of sp³-hybridized carbons (Fsp3) is 0.333. The number of fused-ring (bicyclic) bond motifs is 1. The monoisotopic (exact) mass is 344 g/mol. The largest absolute Gasteiger partial charge is 0.297 e. The Kier molecular flexibility index (Phi) is 3.31. The lowest BCUT2D eigenvalue weighted by Crippen LogP contribution is -2.44. The Bertz CT molecular complexity index is 456. The quantitative estimate of drug-likeness (QED) is 0.610. The Hall–Kier alpha value is -0.480. The molecule has 2 rings (SSSR count). The van der Waals surface area contributed by atoms with Crippen LogP contribution in [0.5, 0.6) is 0 Å². The molecule has 0 fully saturated rings. The molecule has 1 aliphatic carbocycles. The van der Waals surface area contributed by atoms with Crippen LogP contribution in [0.2, 0.25) is 0 Å². The van der Waals surface area contributed by atoms with Gasteiger partial charge in [0.2, 0.25) is 0 Å². The number of hydrogen-bond acceptors (Lipinski definition) is 2. The van der Waals surface area contributed by atoms with Gasteiger partial charge in [-0.3, -0.25) is 9.59 Å². The third-order valence-electron chi connectivity index (χ3n) is 2.92. The fourth-order valence-electron chi connectivity index (χ4n) is 1.97. The van der Waals surface area contributed by atoms with E-state index >= 15 is 0 Å². The summed E-state index contributed by atoms with van der Waals surface area (Å²) < 4.78 is -1.02. The van der Waals surface area contributed by atoms with Crippen molar-refractivity contribution in [2.45, 2.75) is 17.2 Å². The van der Waals surface area contributed by atoms with Crippen molar-refractivity contribution < 1.29 is 9.59 Å². The van der Waals surface area contributed by atoms with Crippen LogP contribution in [0.25, 0.3) is 0 Å². The van der Waals surface area contributed by atoms with Gasteiger partial charge in [-0.2, -0.15) is 0 Å². The zero-order chi connectivity index (χ0) is 11.8. The molecule has 1 atom stereocenters. The van der Waals surface area contributed by atoms with Crippen LogP contribution >= 0.6 is 31.9 Å². The average molecular weight is 346 g/mol. The first kappa shape index (κ1) is 12.0. The molecule has 1 aliphatic rings. The van der Waals surface area contributed by atoms with E-state index in [1.54, 1.807) is 6.07 Å². The maximum atomic E-state index is 12.3. The number of alkyl halides is 2. The van der Waals surface area contributed by atoms with Gasteiger partial charge < -0.3 is 0 Å². The fourth-order valence-corrected chi connectivity index (χ4v) is 3.37. The summed E-state index contributed by atoms with van der Waals surface area (Å²) in [7, 11) is 0. The standard InChI is InChI=1S/C12H10Br2O2/c13-7-10(15)12(14)6-5-8-3-1-2-4-9(8)11(12)16/h1-4H,5-7H2. The van der Waals surface area contributed by atoms with Gasteiger partial charge in [-0.15, -0.1) is 0 Å². The minimum atomic E-state index is -1.02. The Morgan fingerprint density at radius 3 is 2.75 bits per heavy atom. The molecule has 0 saturated carbocycles. The highest BCUT2D eigenvalue weighted by molar-refractivity contribution is 9.11. The van der Waals surface area contributed by atoms with Gasteiger partial charge in [0, 0.05) is 5.56 Å². The molecule has 0 spiro atoms. The predicted octanol–water partition coefficient (Wildman–Crippen LogP) is 2.91. The number of benzene rings is 1. The van der Waals surface area contributed by atoms with Gasteiger partial charge in [0.1, 0.15) is 4.32 Å². The van der Waals surface area contributed by atoms with E-state index in [9.17, 15) is 9.59 Å². The van der Waals surface area contributed by atoms with Gasteiger partial charge in [-0.05, 0) is 18.4 Å². The Labute approximate surface area is 111 Å². The molecule has 0 bridgehead atoms. The number of carbonyl (C=O) groups excluding carboxylic acids is 2. The van der Waals surface area contributed by atoms with Crippen molar-refractivity contribution in [1.29, 1.82) is 0 Å². The van der Waals surface area contributed by atoms with Crippen LogP contribution in [0, 0.1) is 0 Å². The van der Waals surface area contributed by atoms with E-state index in [0.717, 1.165) is 12.0 Å². The lowest BCUT2D eigenvalue weighted by Gasteiger charge is -2.29. The summed E-state index contributed by atoms with van der Waals surface area (Å²) in [6, 6.07) is 7.47. The zero-order valence-electron chi connectivity index (χ0n) is 8.50. The molecule has 0 N–H and O–H groups in total. The van der Waals surface area contributed by atoms with Crippen LogP contribution in [-0.2, 0) is 11.2 Å². The third kappa shape index (κ3) is 1.78. The SMILES string of the molecule is O=C(CBr)C1(Br)CCc2ccccc2C1=O. The van der Waals surface area contributed by atoms with E-state index in [-0.39, 0.29) is 16.9 Å². The Balaban J connectivity index is 2.45. The maximum Gasteiger partial charge on any atom is 0.187 e. The summed E-state index contributed by atoms with van der Waals surface area (Å²) in [5.74, 6) is -0.217. The van der Waals surface area contributed by atoms with Gasteiger partial charge in [0.05, 0.1) is 5.33 Å². The average Bonchev–Trinajstić information content (AvgIpc) is 2.33. The summed E-state index contributed by atoms with van der Waals surface area (Å²) in [6.45, 7) is 0. The highest BCUT2D eigenvalue weighted by Gasteiger charge is 2.45. The zero-order valence-corrected chi connectivity index (χ0v) is 11.7. The number of hydrogen-bond donors (Lipinski definition) is 0. The summed E-state index contributed by atoms with van der Waals surface area (Å²) >= 11 is 6.45. The number of rotatable bonds is 2. The molecule has 0 saturated heterocycles. The highest BCUT2D eigenvalue weighted by atomic mass is 79.9. The van der Waals surface area contributed by atoms with E-state index in [1.165, 1.54) is 0 Å². The summed E-state index contributed by atoms with van der Waals surface area (Å²) in [5.41, 5.74) is 1.70. The molecule has 4 heteroatoms. The number of aryl methyl sites for hydroxylation is 1. The Morgan fingerprint density at radius 1 is 1.38 bits per heavy atom. The van der Waals surface area contributed by atoms with Crippen molar-refractivity contribution in [1.82, 2.24) is 0 Å². The van der Waals surface area contributed by atoms with E-state index < -0.39 is 4.32 Å². The molecular formula is C12H10Br2O2. The molecule has 2 nitrogen and oxygen atoms in total. The van der Waals surface area contributed by atoms with Crippen molar-refractivity contribution >= 4 is 43.4 Å². The third-order valence-corrected chi connectivity index (χ3v) is 4.63. The van der Waals surface area contributed by atoms with Crippen LogP contribution in [0.4, 0.5) is 0 Å². The van der Waals surface area contributed by atoms with Gasteiger partial charge >= 0.3 is 0 Å². The van der Waals surface area contributed by atoms with Crippen LogP contribution in [0.1, 0.15) is 22.3 Å². The van der Waals surface area contributed by atoms with Crippen molar-refractivity contribution in [3.8, 4) is 0 Å². The molecule has 0 amide bonds. The molecule has 0 heterocycles. The topological polar surface area (TPSA) is 34.1 Å². The van der Waals surface area contributed by atoms with Crippen molar-refractivity contribution in [3.05, 3.63) is 35.4 Å². The first-order valence-electron chi connectivity index (χ1n) is 5.00. The molecular weight excluding hydrogens is 336 g/mol. The number of carbonyl (C=O) groups is 2.